The topological polar surface area (TPSA) is 55.6 Å². The van der Waals surface area contributed by atoms with Crippen LogP contribution in [0.5, 0.6) is 0 Å². The Morgan fingerprint density at radius 3 is 2.81 bits per heavy atom. The van der Waals surface area contributed by atoms with Gasteiger partial charge in [-0.05, 0) is 39.3 Å². The smallest absolute Gasteiger partial charge is 0.193 e. The van der Waals surface area contributed by atoms with Gasteiger partial charge in [0.05, 0.1) is 13.6 Å². The van der Waals surface area contributed by atoms with Gasteiger partial charge in [-0.3, -0.25) is 0 Å². The van der Waals surface area contributed by atoms with Crippen molar-refractivity contribution >= 4 is 37.5 Å². The molecule has 0 bridgehead atoms. The first-order valence-electron chi connectivity index (χ1n) is 4.57. The summed E-state index contributed by atoms with van der Waals surface area (Å²) < 4.78 is 2.02. The van der Waals surface area contributed by atoms with Crippen molar-refractivity contribution in [2.45, 2.75) is 6.54 Å². The Bertz CT molecular complexity index is 496. The third-order valence-electron chi connectivity index (χ3n) is 1.92. The normalized spacial score (nSPS) is 10.4. The lowest BCUT2D eigenvalue weighted by atomic mass is 10.3. The summed E-state index contributed by atoms with van der Waals surface area (Å²) in [7, 11) is 1.74. The average Bonchev–Trinajstić information content (AvgIpc) is 2.63. The molecule has 0 unspecified atom stereocenters. The summed E-state index contributed by atoms with van der Waals surface area (Å²) in [4.78, 5) is 1.44. The summed E-state index contributed by atoms with van der Waals surface area (Å²) in [5, 5.41) is 15.0. The Kier molecular flexibility index (Phi) is 3.55. The number of hydrogen-bond donors (Lipinski definition) is 1. The lowest BCUT2D eigenvalue weighted by molar-refractivity contribution is 0.628. The second-order valence-corrected chi connectivity index (χ2v) is 4.94. The first kappa shape index (κ1) is 11.5. The van der Waals surface area contributed by atoms with Crippen LogP contribution in [0.15, 0.2) is 27.1 Å². The number of halogens is 2. The standard InChI is InChI=1S/C9H9Br2N5/c1-16-14-9(13-15-16)5-12-8-3-2-6(10)4-7(8)11/h2-4,12H,5H2,1H3. The third-order valence-corrected chi connectivity index (χ3v) is 3.07. The fraction of sp³-hybridized carbons (Fsp3) is 0.222. The number of rotatable bonds is 3. The molecule has 1 heterocycles. The van der Waals surface area contributed by atoms with Crippen molar-refractivity contribution < 1.29 is 0 Å². The zero-order valence-corrected chi connectivity index (χ0v) is 11.7. The van der Waals surface area contributed by atoms with Gasteiger partial charge in [-0.15, -0.1) is 10.2 Å². The van der Waals surface area contributed by atoms with E-state index in [-0.39, 0.29) is 0 Å². The molecule has 0 aliphatic carbocycles. The highest BCUT2D eigenvalue weighted by molar-refractivity contribution is 9.11. The highest BCUT2D eigenvalue weighted by atomic mass is 79.9. The van der Waals surface area contributed by atoms with E-state index in [1.54, 1.807) is 7.05 Å². The number of aromatic nitrogens is 4. The Labute approximate surface area is 109 Å². The van der Waals surface area contributed by atoms with E-state index in [4.69, 9.17) is 0 Å². The SMILES string of the molecule is Cn1nnc(CNc2ccc(Br)cc2Br)n1. The van der Waals surface area contributed by atoms with Crippen LogP contribution < -0.4 is 5.32 Å². The number of aryl methyl sites for hydroxylation is 1. The summed E-state index contributed by atoms with van der Waals surface area (Å²) in [6, 6.07) is 5.92. The number of benzene rings is 1. The summed E-state index contributed by atoms with van der Waals surface area (Å²) in [5.41, 5.74) is 0.996. The van der Waals surface area contributed by atoms with Crippen LogP contribution in [0, 0.1) is 0 Å². The molecule has 84 valence electrons. The van der Waals surface area contributed by atoms with E-state index < -0.39 is 0 Å². The maximum atomic E-state index is 4.08. The summed E-state index contributed by atoms with van der Waals surface area (Å²) in [5.74, 6) is 0.664. The zero-order valence-electron chi connectivity index (χ0n) is 8.48. The Hall–Kier alpha value is -0.950. The monoisotopic (exact) mass is 345 g/mol. The molecule has 0 amide bonds. The molecule has 0 aliphatic heterocycles. The minimum absolute atomic E-state index is 0.550. The molecule has 0 saturated carbocycles. The molecule has 0 aliphatic rings. The first-order chi connectivity index (χ1) is 7.65. The van der Waals surface area contributed by atoms with E-state index in [1.807, 2.05) is 18.2 Å². The van der Waals surface area contributed by atoms with Crippen LogP contribution in [0.2, 0.25) is 0 Å². The van der Waals surface area contributed by atoms with E-state index in [1.165, 1.54) is 4.80 Å². The molecule has 16 heavy (non-hydrogen) atoms. The van der Waals surface area contributed by atoms with Crippen molar-refractivity contribution in [1.82, 2.24) is 20.2 Å². The van der Waals surface area contributed by atoms with Gasteiger partial charge in [-0.2, -0.15) is 4.80 Å². The highest BCUT2D eigenvalue weighted by Crippen LogP contribution is 2.26. The van der Waals surface area contributed by atoms with Gasteiger partial charge in [0, 0.05) is 14.6 Å². The molecular weight excluding hydrogens is 338 g/mol. The average molecular weight is 347 g/mol. The highest BCUT2D eigenvalue weighted by Gasteiger charge is 2.03. The molecule has 0 fully saturated rings. The molecule has 0 saturated heterocycles. The fourth-order valence-corrected chi connectivity index (χ4v) is 2.39. The summed E-state index contributed by atoms with van der Waals surface area (Å²) in [6.07, 6.45) is 0. The van der Waals surface area contributed by atoms with Gasteiger partial charge >= 0.3 is 0 Å². The first-order valence-corrected chi connectivity index (χ1v) is 6.15. The summed E-state index contributed by atoms with van der Waals surface area (Å²) in [6.45, 7) is 0.550. The molecule has 0 atom stereocenters. The lowest BCUT2D eigenvalue weighted by Gasteiger charge is -2.06. The Morgan fingerprint density at radius 1 is 1.38 bits per heavy atom. The minimum Gasteiger partial charge on any atom is -0.377 e. The molecule has 2 rings (SSSR count). The van der Waals surface area contributed by atoms with Gasteiger partial charge in [0.25, 0.3) is 0 Å². The van der Waals surface area contributed by atoms with Gasteiger partial charge < -0.3 is 5.32 Å². The van der Waals surface area contributed by atoms with Crippen molar-refractivity contribution in [2.75, 3.05) is 5.32 Å². The van der Waals surface area contributed by atoms with Crippen LogP contribution in [-0.4, -0.2) is 20.2 Å². The quantitative estimate of drug-likeness (QED) is 0.926. The van der Waals surface area contributed by atoms with Crippen LogP contribution in [0.25, 0.3) is 0 Å². The molecule has 1 aromatic heterocycles. The third kappa shape index (κ3) is 2.79. The molecule has 0 radical (unpaired) electrons. The maximum Gasteiger partial charge on any atom is 0.193 e. The van der Waals surface area contributed by atoms with Crippen LogP contribution >= 0.6 is 31.9 Å². The largest absolute Gasteiger partial charge is 0.377 e. The van der Waals surface area contributed by atoms with E-state index in [9.17, 15) is 0 Å². The van der Waals surface area contributed by atoms with E-state index in [0.717, 1.165) is 14.6 Å². The van der Waals surface area contributed by atoms with Crippen molar-refractivity contribution in [3.05, 3.63) is 33.0 Å². The van der Waals surface area contributed by atoms with Crippen LogP contribution in [0.4, 0.5) is 5.69 Å². The number of hydrogen-bond acceptors (Lipinski definition) is 4. The Morgan fingerprint density at radius 2 is 2.19 bits per heavy atom. The van der Waals surface area contributed by atoms with Crippen LogP contribution in [0.3, 0.4) is 0 Å². The van der Waals surface area contributed by atoms with Crippen LogP contribution in [0.1, 0.15) is 5.82 Å². The zero-order chi connectivity index (χ0) is 11.5. The molecule has 1 aromatic carbocycles. The maximum absolute atomic E-state index is 4.08. The van der Waals surface area contributed by atoms with Crippen molar-refractivity contribution in [3.8, 4) is 0 Å². The molecule has 2 aromatic rings. The second kappa shape index (κ2) is 4.92. The van der Waals surface area contributed by atoms with E-state index in [2.05, 4.69) is 52.6 Å². The number of nitrogens with zero attached hydrogens (tertiary/aromatic N) is 4. The molecular formula is C9H9Br2N5. The van der Waals surface area contributed by atoms with Crippen molar-refractivity contribution in [1.29, 1.82) is 0 Å². The second-order valence-electron chi connectivity index (χ2n) is 3.17. The minimum atomic E-state index is 0.550. The molecule has 0 spiro atoms. The molecule has 7 heteroatoms. The molecule has 1 N–H and O–H groups in total. The predicted octanol–water partition coefficient (Wildman–Crippen LogP) is 2.35. The summed E-state index contributed by atoms with van der Waals surface area (Å²) >= 11 is 6.87. The van der Waals surface area contributed by atoms with Gasteiger partial charge in [0.2, 0.25) is 0 Å². The predicted molar refractivity (Wildman–Crippen MR) is 68.0 cm³/mol. The van der Waals surface area contributed by atoms with Crippen LogP contribution in [-0.2, 0) is 13.6 Å². The Balaban J connectivity index is 2.04. The van der Waals surface area contributed by atoms with Crippen molar-refractivity contribution in [3.63, 3.8) is 0 Å². The van der Waals surface area contributed by atoms with E-state index >= 15 is 0 Å². The van der Waals surface area contributed by atoms with Gasteiger partial charge in [0.1, 0.15) is 0 Å². The van der Waals surface area contributed by atoms with Gasteiger partial charge in [-0.1, -0.05) is 15.9 Å². The fourth-order valence-electron chi connectivity index (χ4n) is 1.20. The number of anilines is 1. The van der Waals surface area contributed by atoms with Gasteiger partial charge in [-0.25, -0.2) is 0 Å². The molecule has 5 nitrogen and oxygen atoms in total. The van der Waals surface area contributed by atoms with Gasteiger partial charge in [0.15, 0.2) is 5.82 Å². The number of nitrogens with one attached hydrogen (secondary N) is 1. The number of tetrazole rings is 1. The van der Waals surface area contributed by atoms with Crippen molar-refractivity contribution in [2.24, 2.45) is 7.05 Å². The lowest BCUT2D eigenvalue weighted by Crippen LogP contribution is -2.02. The van der Waals surface area contributed by atoms with E-state index in [0.29, 0.717) is 12.4 Å².